The Morgan fingerprint density at radius 3 is 2.92 bits per heavy atom. The lowest BCUT2D eigenvalue weighted by molar-refractivity contribution is 0.130. The fraction of sp³-hybridized carbons (Fsp3) is 0.450. The summed E-state index contributed by atoms with van der Waals surface area (Å²) in [5, 5.41) is 3.60. The lowest BCUT2D eigenvalue weighted by atomic mass is 9.72. The minimum Gasteiger partial charge on any atom is -0.456 e. The zero-order valence-electron chi connectivity index (χ0n) is 13.8. The van der Waals surface area contributed by atoms with Crippen LogP contribution in [0.4, 0.5) is 0 Å². The van der Waals surface area contributed by atoms with Gasteiger partial charge in [-0.15, -0.1) is 0 Å². The van der Waals surface area contributed by atoms with E-state index < -0.39 is 0 Å². The molecule has 4 unspecified atom stereocenters. The zero-order chi connectivity index (χ0) is 16.0. The van der Waals surface area contributed by atoms with Crippen molar-refractivity contribution in [3.63, 3.8) is 0 Å². The predicted molar refractivity (Wildman–Crippen MR) is 93.4 cm³/mol. The molecule has 3 fully saturated rings. The number of piperidine rings is 1. The van der Waals surface area contributed by atoms with E-state index in [0.29, 0.717) is 11.5 Å². The van der Waals surface area contributed by atoms with Crippen LogP contribution in [-0.2, 0) is 0 Å². The Morgan fingerprint density at radius 1 is 1.17 bits per heavy atom. The van der Waals surface area contributed by atoms with E-state index in [1.807, 2.05) is 36.5 Å². The summed E-state index contributed by atoms with van der Waals surface area (Å²) in [6.45, 7) is 4.75. The van der Waals surface area contributed by atoms with Gasteiger partial charge in [0.25, 0.3) is 0 Å². The van der Waals surface area contributed by atoms with Crippen LogP contribution in [0.1, 0.15) is 24.3 Å². The Labute approximate surface area is 142 Å². The Morgan fingerprint density at radius 2 is 2.08 bits per heavy atom. The second-order valence-electron chi connectivity index (χ2n) is 7.37. The molecule has 4 atom stereocenters. The molecule has 3 saturated heterocycles. The van der Waals surface area contributed by atoms with Crippen molar-refractivity contribution in [2.24, 2.45) is 5.92 Å². The van der Waals surface area contributed by atoms with Gasteiger partial charge in [-0.05, 0) is 55.6 Å². The number of ether oxygens (including phenoxy) is 1. The average molecular weight is 321 g/mol. The van der Waals surface area contributed by atoms with Crippen LogP contribution in [0.5, 0.6) is 11.5 Å². The van der Waals surface area contributed by atoms with Crippen LogP contribution >= 0.6 is 0 Å². The standard InChI is InChI=1S/C20H23N3O/c1-2-4-17(5-3-1)24-18-10-16(11-22-12-18)19-15-6-9-23(13-15)20(19)7-8-21-14-20/h1-5,10-12,15,19,21H,6-9,13-14H2. The van der Waals surface area contributed by atoms with Crippen LogP contribution in [0.3, 0.4) is 0 Å². The van der Waals surface area contributed by atoms with Crippen molar-refractivity contribution in [3.8, 4) is 11.5 Å². The maximum atomic E-state index is 6.02. The van der Waals surface area contributed by atoms with E-state index in [1.165, 1.54) is 31.5 Å². The van der Waals surface area contributed by atoms with Gasteiger partial charge in [0.05, 0.1) is 6.20 Å². The van der Waals surface area contributed by atoms with Gasteiger partial charge in [-0.3, -0.25) is 9.88 Å². The number of para-hydroxylation sites is 1. The van der Waals surface area contributed by atoms with Crippen LogP contribution in [0.2, 0.25) is 0 Å². The summed E-state index contributed by atoms with van der Waals surface area (Å²) in [7, 11) is 0. The van der Waals surface area contributed by atoms with Gasteiger partial charge >= 0.3 is 0 Å². The zero-order valence-corrected chi connectivity index (χ0v) is 13.8. The molecule has 24 heavy (non-hydrogen) atoms. The fourth-order valence-electron chi connectivity index (χ4n) is 5.20. The van der Waals surface area contributed by atoms with E-state index in [9.17, 15) is 0 Å². The molecule has 4 heterocycles. The molecule has 1 spiro atoms. The van der Waals surface area contributed by atoms with Crippen LogP contribution < -0.4 is 10.1 Å². The molecule has 0 radical (unpaired) electrons. The molecule has 1 N–H and O–H groups in total. The number of benzene rings is 1. The van der Waals surface area contributed by atoms with E-state index in [2.05, 4.69) is 27.5 Å². The van der Waals surface area contributed by atoms with Crippen molar-refractivity contribution in [1.29, 1.82) is 0 Å². The average Bonchev–Trinajstić information content (AvgIpc) is 3.33. The maximum absolute atomic E-state index is 6.02. The Kier molecular flexibility index (Phi) is 3.35. The van der Waals surface area contributed by atoms with Gasteiger partial charge in [0.15, 0.2) is 0 Å². The van der Waals surface area contributed by atoms with Gasteiger partial charge in [0.2, 0.25) is 0 Å². The minimum atomic E-state index is 0.302. The fourth-order valence-corrected chi connectivity index (χ4v) is 5.20. The molecule has 1 aromatic heterocycles. The van der Waals surface area contributed by atoms with E-state index in [1.54, 1.807) is 0 Å². The van der Waals surface area contributed by atoms with E-state index in [0.717, 1.165) is 30.5 Å². The van der Waals surface area contributed by atoms with Crippen LogP contribution in [0, 0.1) is 5.92 Å². The normalized spacial score (nSPS) is 34.1. The number of aromatic nitrogens is 1. The molecule has 1 aromatic carbocycles. The summed E-state index contributed by atoms with van der Waals surface area (Å²) in [5.74, 6) is 3.05. The molecule has 0 saturated carbocycles. The number of nitrogens with one attached hydrogen (secondary N) is 1. The summed E-state index contributed by atoms with van der Waals surface area (Å²) in [6, 6.07) is 12.2. The van der Waals surface area contributed by atoms with Gasteiger partial charge in [-0.1, -0.05) is 18.2 Å². The second-order valence-corrected chi connectivity index (χ2v) is 7.37. The molecule has 2 aromatic rings. The van der Waals surface area contributed by atoms with Gasteiger partial charge in [0, 0.05) is 30.7 Å². The first-order valence-electron chi connectivity index (χ1n) is 8.99. The molecule has 2 bridgehead atoms. The molecule has 124 valence electrons. The Bertz CT molecular complexity index is 727. The molecule has 4 heteroatoms. The molecular formula is C20H23N3O. The molecule has 5 rings (SSSR count). The molecular weight excluding hydrogens is 298 g/mol. The first-order chi connectivity index (χ1) is 11.9. The Hall–Kier alpha value is -1.91. The topological polar surface area (TPSA) is 37.4 Å². The summed E-state index contributed by atoms with van der Waals surface area (Å²) < 4.78 is 6.02. The smallest absolute Gasteiger partial charge is 0.145 e. The molecule has 0 aliphatic carbocycles. The molecule has 4 nitrogen and oxygen atoms in total. The van der Waals surface area contributed by atoms with Crippen molar-refractivity contribution in [2.45, 2.75) is 24.3 Å². The highest BCUT2D eigenvalue weighted by atomic mass is 16.5. The van der Waals surface area contributed by atoms with E-state index in [-0.39, 0.29) is 0 Å². The maximum Gasteiger partial charge on any atom is 0.145 e. The third-order valence-electron chi connectivity index (χ3n) is 6.14. The Balaban J connectivity index is 1.47. The third kappa shape index (κ3) is 2.17. The first kappa shape index (κ1) is 14.4. The van der Waals surface area contributed by atoms with Gasteiger partial charge in [0.1, 0.15) is 11.5 Å². The summed E-state index contributed by atoms with van der Waals surface area (Å²) in [4.78, 5) is 7.23. The number of hydrogen-bond donors (Lipinski definition) is 1. The highest BCUT2D eigenvalue weighted by molar-refractivity contribution is 5.36. The summed E-state index contributed by atoms with van der Waals surface area (Å²) >= 11 is 0. The lowest BCUT2D eigenvalue weighted by Gasteiger charge is -2.42. The lowest BCUT2D eigenvalue weighted by Crippen LogP contribution is -2.50. The summed E-state index contributed by atoms with van der Waals surface area (Å²) in [5.41, 5.74) is 1.65. The number of pyridine rings is 1. The van der Waals surface area contributed by atoms with Crippen molar-refractivity contribution in [2.75, 3.05) is 26.2 Å². The van der Waals surface area contributed by atoms with Crippen LogP contribution in [0.25, 0.3) is 0 Å². The second kappa shape index (κ2) is 5.57. The van der Waals surface area contributed by atoms with Crippen molar-refractivity contribution < 1.29 is 4.74 Å². The number of rotatable bonds is 3. The van der Waals surface area contributed by atoms with Crippen molar-refractivity contribution in [1.82, 2.24) is 15.2 Å². The first-order valence-corrected chi connectivity index (χ1v) is 8.99. The monoisotopic (exact) mass is 321 g/mol. The van der Waals surface area contributed by atoms with E-state index >= 15 is 0 Å². The van der Waals surface area contributed by atoms with E-state index in [4.69, 9.17) is 4.74 Å². The van der Waals surface area contributed by atoms with Gasteiger partial charge in [-0.2, -0.15) is 0 Å². The number of nitrogens with zero attached hydrogens (tertiary/aromatic N) is 2. The quantitative estimate of drug-likeness (QED) is 0.943. The summed E-state index contributed by atoms with van der Waals surface area (Å²) in [6.07, 6.45) is 6.45. The molecule has 3 aliphatic rings. The van der Waals surface area contributed by atoms with Crippen LogP contribution in [-0.4, -0.2) is 41.6 Å². The largest absolute Gasteiger partial charge is 0.456 e. The predicted octanol–water partition coefficient (Wildman–Crippen LogP) is 3.03. The molecule has 0 amide bonds. The van der Waals surface area contributed by atoms with Gasteiger partial charge in [-0.25, -0.2) is 0 Å². The third-order valence-corrected chi connectivity index (χ3v) is 6.14. The minimum absolute atomic E-state index is 0.302. The van der Waals surface area contributed by atoms with Crippen LogP contribution in [0.15, 0.2) is 48.8 Å². The highest BCUT2D eigenvalue weighted by Gasteiger charge is 2.58. The highest BCUT2D eigenvalue weighted by Crippen LogP contribution is 2.53. The number of hydrogen-bond acceptors (Lipinski definition) is 4. The molecule has 3 aliphatic heterocycles. The van der Waals surface area contributed by atoms with Gasteiger partial charge < -0.3 is 10.1 Å². The number of fused-ring (bicyclic) bond motifs is 3. The SMILES string of the molecule is c1ccc(Oc2cncc(C3C4CCN(C4)C34CCNC4)c2)cc1. The van der Waals surface area contributed by atoms with Crippen molar-refractivity contribution in [3.05, 3.63) is 54.4 Å². The van der Waals surface area contributed by atoms with Crippen molar-refractivity contribution >= 4 is 0 Å².